The molecule has 3 aromatic rings. The van der Waals surface area contributed by atoms with E-state index < -0.39 is 10.0 Å². The van der Waals surface area contributed by atoms with Crippen LogP contribution in [0.2, 0.25) is 0 Å². The summed E-state index contributed by atoms with van der Waals surface area (Å²) in [7, 11) is -3.85. The number of hydrogen-bond donors (Lipinski definition) is 1. The fourth-order valence-electron chi connectivity index (χ4n) is 2.30. The highest BCUT2D eigenvalue weighted by atomic mass is 32.2. The van der Waals surface area contributed by atoms with Crippen LogP contribution in [0.1, 0.15) is 41.7 Å². The van der Waals surface area contributed by atoms with Crippen molar-refractivity contribution in [3.63, 3.8) is 0 Å². The minimum absolute atomic E-state index is 0.0744. The Balaban J connectivity index is 1.49. The average molecular weight is 364 g/mol. The molecule has 25 heavy (non-hydrogen) atoms. The van der Waals surface area contributed by atoms with Crippen LogP contribution >= 0.6 is 0 Å². The molecule has 10 heteroatoms. The summed E-state index contributed by atoms with van der Waals surface area (Å²) >= 11 is 0. The molecule has 1 saturated carbocycles. The first-order valence-electron chi connectivity index (χ1n) is 7.79. The molecule has 4 rings (SSSR count). The Morgan fingerprint density at radius 1 is 1.20 bits per heavy atom. The van der Waals surface area contributed by atoms with Gasteiger partial charge in [0.15, 0.2) is 11.6 Å². The molecule has 0 atom stereocenters. The Kier molecular flexibility index (Phi) is 3.73. The summed E-state index contributed by atoms with van der Waals surface area (Å²) in [5.74, 6) is 1.88. The second-order valence-electron chi connectivity index (χ2n) is 5.99. The zero-order chi connectivity index (χ0) is 17.6. The number of rotatable bonds is 6. The zero-order valence-corrected chi connectivity index (χ0v) is 14.5. The summed E-state index contributed by atoms with van der Waals surface area (Å²) in [4.78, 5) is 4.18. The molecule has 0 amide bonds. The van der Waals surface area contributed by atoms with Gasteiger partial charge in [-0.05, 0) is 38.8 Å². The van der Waals surface area contributed by atoms with Gasteiger partial charge in [0.2, 0.25) is 16.7 Å². The van der Waals surface area contributed by atoms with Crippen LogP contribution in [0.5, 0.6) is 0 Å². The third-order valence-corrected chi connectivity index (χ3v) is 5.33. The highest BCUT2D eigenvalue weighted by Crippen LogP contribution is 2.38. The highest BCUT2D eigenvalue weighted by molar-refractivity contribution is 7.89. The van der Waals surface area contributed by atoms with Gasteiger partial charge in [-0.25, -0.2) is 13.1 Å². The van der Waals surface area contributed by atoms with Gasteiger partial charge in [-0.2, -0.15) is 4.98 Å². The lowest BCUT2D eigenvalue weighted by Crippen LogP contribution is -2.23. The van der Waals surface area contributed by atoms with Crippen molar-refractivity contribution in [1.29, 1.82) is 0 Å². The van der Waals surface area contributed by atoms with Crippen molar-refractivity contribution in [2.24, 2.45) is 0 Å². The van der Waals surface area contributed by atoms with E-state index in [4.69, 9.17) is 13.5 Å². The maximum atomic E-state index is 12.4. The summed E-state index contributed by atoms with van der Waals surface area (Å²) in [5, 5.41) is 7.39. The fraction of sp³-hybridized carbons (Fsp3) is 0.400. The SMILES string of the molecule is Cc1noc(-c2ccc(S(=O)(=O)NCc3noc(C4CC4)n3)o2)c1C. The first-order chi connectivity index (χ1) is 11.9. The van der Waals surface area contributed by atoms with Gasteiger partial charge in [0.25, 0.3) is 10.0 Å². The number of aromatic nitrogens is 3. The van der Waals surface area contributed by atoms with E-state index >= 15 is 0 Å². The minimum atomic E-state index is -3.85. The fourth-order valence-corrected chi connectivity index (χ4v) is 3.21. The van der Waals surface area contributed by atoms with Crippen LogP contribution in [0.15, 0.2) is 30.7 Å². The molecule has 0 bridgehead atoms. The average Bonchev–Trinajstić information content (AvgIpc) is 2.98. The molecule has 3 heterocycles. The van der Waals surface area contributed by atoms with Crippen LogP contribution in [0.3, 0.4) is 0 Å². The molecule has 0 saturated heterocycles. The van der Waals surface area contributed by atoms with Crippen LogP contribution in [0.4, 0.5) is 0 Å². The van der Waals surface area contributed by atoms with E-state index in [1.54, 1.807) is 6.92 Å². The topological polar surface area (TPSA) is 124 Å². The predicted octanol–water partition coefficient (Wildman–Crippen LogP) is 2.29. The molecule has 9 nitrogen and oxygen atoms in total. The quantitative estimate of drug-likeness (QED) is 0.706. The number of hydrogen-bond acceptors (Lipinski definition) is 8. The number of nitrogens with one attached hydrogen (secondary N) is 1. The third kappa shape index (κ3) is 3.10. The van der Waals surface area contributed by atoms with E-state index in [9.17, 15) is 8.42 Å². The molecule has 1 fully saturated rings. The monoisotopic (exact) mass is 364 g/mol. The number of nitrogens with zero attached hydrogens (tertiary/aromatic N) is 3. The summed E-state index contributed by atoms with van der Waals surface area (Å²) < 4.78 is 42.8. The van der Waals surface area contributed by atoms with E-state index in [-0.39, 0.29) is 11.6 Å². The van der Waals surface area contributed by atoms with Crippen molar-refractivity contribution in [3.05, 3.63) is 35.1 Å². The molecule has 0 aromatic carbocycles. The largest absolute Gasteiger partial charge is 0.440 e. The maximum Gasteiger partial charge on any atom is 0.274 e. The maximum absolute atomic E-state index is 12.4. The molecule has 1 N–H and O–H groups in total. The lowest BCUT2D eigenvalue weighted by molar-refractivity contribution is 0.373. The molecule has 1 aliphatic rings. The van der Waals surface area contributed by atoms with Crippen LogP contribution in [0, 0.1) is 13.8 Å². The Bertz CT molecular complexity index is 1010. The van der Waals surface area contributed by atoms with Crippen molar-refractivity contribution in [3.8, 4) is 11.5 Å². The van der Waals surface area contributed by atoms with Crippen molar-refractivity contribution < 1.29 is 21.9 Å². The molecule has 132 valence electrons. The smallest absolute Gasteiger partial charge is 0.274 e. The van der Waals surface area contributed by atoms with Crippen LogP contribution < -0.4 is 4.72 Å². The second-order valence-corrected chi connectivity index (χ2v) is 7.69. The number of aryl methyl sites for hydroxylation is 1. The van der Waals surface area contributed by atoms with E-state index in [1.807, 2.05) is 6.92 Å². The minimum Gasteiger partial charge on any atom is -0.440 e. The van der Waals surface area contributed by atoms with Gasteiger partial charge in [0, 0.05) is 11.5 Å². The standard InChI is InChI=1S/C15H16N4O5S/c1-8-9(2)18-23-14(8)11-5-6-13(22-11)25(20,21)16-7-12-17-15(24-19-12)10-3-4-10/h5-6,10,16H,3-4,7H2,1-2H3. The Morgan fingerprint density at radius 2 is 2.00 bits per heavy atom. The number of sulfonamides is 1. The highest BCUT2D eigenvalue weighted by Gasteiger charge is 2.30. The summed E-state index contributed by atoms with van der Waals surface area (Å²) in [6.07, 6.45) is 2.06. The van der Waals surface area contributed by atoms with Gasteiger partial charge in [0.1, 0.15) is 0 Å². The summed E-state index contributed by atoms with van der Waals surface area (Å²) in [6, 6.07) is 2.89. The van der Waals surface area contributed by atoms with E-state index in [0.29, 0.717) is 29.2 Å². The van der Waals surface area contributed by atoms with Gasteiger partial charge >= 0.3 is 0 Å². The Labute approximate surface area is 143 Å². The van der Waals surface area contributed by atoms with Crippen molar-refractivity contribution in [2.45, 2.75) is 44.2 Å². The molecule has 0 aliphatic heterocycles. The molecule has 0 radical (unpaired) electrons. The third-order valence-electron chi connectivity index (χ3n) is 4.06. The lowest BCUT2D eigenvalue weighted by Gasteiger charge is -2.00. The lowest BCUT2D eigenvalue weighted by atomic mass is 10.2. The van der Waals surface area contributed by atoms with Crippen molar-refractivity contribution in [1.82, 2.24) is 20.0 Å². The molecular formula is C15H16N4O5S. The first kappa shape index (κ1) is 16.0. The molecule has 0 spiro atoms. The first-order valence-corrected chi connectivity index (χ1v) is 9.27. The molecule has 0 unspecified atom stereocenters. The van der Waals surface area contributed by atoms with Gasteiger partial charge in [-0.3, -0.25) is 0 Å². The zero-order valence-electron chi connectivity index (χ0n) is 13.6. The van der Waals surface area contributed by atoms with Gasteiger partial charge in [-0.15, -0.1) is 0 Å². The summed E-state index contributed by atoms with van der Waals surface area (Å²) in [6.45, 7) is 3.55. The van der Waals surface area contributed by atoms with E-state index in [2.05, 4.69) is 20.0 Å². The predicted molar refractivity (Wildman–Crippen MR) is 84.0 cm³/mol. The van der Waals surface area contributed by atoms with E-state index in [0.717, 1.165) is 24.1 Å². The molecule has 1 aliphatic carbocycles. The van der Waals surface area contributed by atoms with Crippen LogP contribution in [-0.4, -0.2) is 23.7 Å². The Morgan fingerprint density at radius 3 is 2.68 bits per heavy atom. The van der Waals surface area contributed by atoms with Gasteiger partial charge in [-0.1, -0.05) is 10.3 Å². The molecule has 3 aromatic heterocycles. The Hall–Kier alpha value is -2.46. The summed E-state index contributed by atoms with van der Waals surface area (Å²) in [5.41, 5.74) is 1.52. The number of furan rings is 1. The normalized spacial score (nSPS) is 15.0. The van der Waals surface area contributed by atoms with Gasteiger partial charge in [0.05, 0.1) is 12.2 Å². The molecular weight excluding hydrogens is 348 g/mol. The van der Waals surface area contributed by atoms with Gasteiger partial charge < -0.3 is 13.5 Å². The van der Waals surface area contributed by atoms with Crippen LogP contribution in [-0.2, 0) is 16.6 Å². The van der Waals surface area contributed by atoms with Crippen LogP contribution in [0.25, 0.3) is 11.5 Å². The van der Waals surface area contributed by atoms with Crippen molar-refractivity contribution in [2.75, 3.05) is 0 Å². The van der Waals surface area contributed by atoms with Crippen molar-refractivity contribution >= 4 is 10.0 Å². The van der Waals surface area contributed by atoms with E-state index in [1.165, 1.54) is 12.1 Å². The second kappa shape index (κ2) is 5.81.